The molecule has 0 saturated carbocycles. The van der Waals surface area contributed by atoms with Crippen molar-refractivity contribution in [3.63, 3.8) is 0 Å². The van der Waals surface area contributed by atoms with Gasteiger partial charge in [0.1, 0.15) is 5.60 Å². The van der Waals surface area contributed by atoms with Gasteiger partial charge in [0, 0.05) is 20.2 Å². The number of carbonyl (C=O) groups is 1. The Bertz CT molecular complexity index is 317. The standard InChI is InChI=1S/C13H24N2O3.ClH/c1-12(2)10-15(8-9-18-12)11(16)13(17-3)4-6-14-7-5-13;/h14H,4-10H2,1-3H3;1H. The monoisotopic (exact) mass is 292 g/mol. The van der Waals surface area contributed by atoms with E-state index in [0.29, 0.717) is 19.7 Å². The van der Waals surface area contributed by atoms with Crippen molar-refractivity contribution in [3.05, 3.63) is 0 Å². The van der Waals surface area contributed by atoms with Gasteiger partial charge in [0.05, 0.1) is 12.2 Å². The molecule has 1 amide bonds. The molecule has 0 aromatic heterocycles. The number of halogens is 1. The van der Waals surface area contributed by atoms with E-state index in [1.54, 1.807) is 7.11 Å². The average Bonchev–Trinajstić information content (AvgIpc) is 2.37. The Morgan fingerprint density at radius 1 is 1.32 bits per heavy atom. The second-order valence-electron chi connectivity index (χ2n) is 5.78. The lowest BCUT2D eigenvalue weighted by Crippen LogP contribution is -2.60. The summed E-state index contributed by atoms with van der Waals surface area (Å²) in [5, 5.41) is 3.27. The van der Waals surface area contributed by atoms with Crippen LogP contribution >= 0.6 is 12.4 Å². The first-order valence-corrected chi connectivity index (χ1v) is 6.68. The fourth-order valence-corrected chi connectivity index (χ4v) is 2.81. The summed E-state index contributed by atoms with van der Waals surface area (Å²) in [5.74, 6) is 0.128. The van der Waals surface area contributed by atoms with Crippen molar-refractivity contribution >= 4 is 18.3 Å². The van der Waals surface area contributed by atoms with Crippen molar-refractivity contribution < 1.29 is 14.3 Å². The van der Waals surface area contributed by atoms with Gasteiger partial charge in [-0.15, -0.1) is 12.4 Å². The molecular formula is C13H25ClN2O3. The SMILES string of the molecule is COC1(C(=O)N2CCOC(C)(C)C2)CCNCC1.Cl. The maximum Gasteiger partial charge on any atom is 0.255 e. The number of nitrogens with one attached hydrogen (secondary N) is 1. The minimum Gasteiger partial charge on any atom is -0.372 e. The molecule has 2 aliphatic heterocycles. The molecule has 0 unspecified atom stereocenters. The summed E-state index contributed by atoms with van der Waals surface area (Å²) in [7, 11) is 1.65. The molecular weight excluding hydrogens is 268 g/mol. The van der Waals surface area contributed by atoms with Crippen LogP contribution in [-0.4, -0.2) is 61.9 Å². The van der Waals surface area contributed by atoms with Crippen LogP contribution in [0.25, 0.3) is 0 Å². The normalized spacial score (nSPS) is 25.5. The van der Waals surface area contributed by atoms with Gasteiger partial charge >= 0.3 is 0 Å². The summed E-state index contributed by atoms with van der Waals surface area (Å²) < 4.78 is 11.2. The third-order valence-electron chi connectivity index (χ3n) is 3.90. The number of morpholine rings is 1. The predicted molar refractivity (Wildman–Crippen MR) is 75.7 cm³/mol. The molecule has 2 saturated heterocycles. The van der Waals surface area contributed by atoms with E-state index in [0.717, 1.165) is 25.9 Å². The van der Waals surface area contributed by atoms with Gasteiger partial charge in [-0.2, -0.15) is 0 Å². The average molecular weight is 293 g/mol. The van der Waals surface area contributed by atoms with Crippen molar-refractivity contribution in [2.75, 3.05) is 39.9 Å². The highest BCUT2D eigenvalue weighted by molar-refractivity contribution is 5.86. The molecule has 2 rings (SSSR count). The van der Waals surface area contributed by atoms with E-state index in [-0.39, 0.29) is 23.9 Å². The molecule has 0 atom stereocenters. The van der Waals surface area contributed by atoms with Crippen LogP contribution in [0.1, 0.15) is 26.7 Å². The number of piperidine rings is 1. The number of nitrogens with zero attached hydrogens (tertiary/aromatic N) is 1. The molecule has 5 nitrogen and oxygen atoms in total. The Balaban J connectivity index is 0.00000180. The number of methoxy groups -OCH3 is 1. The van der Waals surface area contributed by atoms with Gasteiger partial charge in [-0.05, 0) is 39.8 Å². The first-order chi connectivity index (χ1) is 8.49. The topological polar surface area (TPSA) is 50.8 Å². The Morgan fingerprint density at radius 3 is 2.47 bits per heavy atom. The molecule has 0 aliphatic carbocycles. The Labute approximate surface area is 121 Å². The third-order valence-corrected chi connectivity index (χ3v) is 3.90. The van der Waals surface area contributed by atoms with Crippen LogP contribution in [0.4, 0.5) is 0 Å². The summed E-state index contributed by atoms with van der Waals surface area (Å²) in [5.41, 5.74) is -0.881. The summed E-state index contributed by atoms with van der Waals surface area (Å²) in [6, 6.07) is 0. The zero-order valence-electron chi connectivity index (χ0n) is 12.0. The van der Waals surface area contributed by atoms with Crippen molar-refractivity contribution in [2.45, 2.75) is 37.9 Å². The molecule has 1 N–H and O–H groups in total. The smallest absolute Gasteiger partial charge is 0.255 e. The minimum atomic E-state index is -0.626. The number of ether oxygens (including phenoxy) is 2. The summed E-state index contributed by atoms with van der Waals surface area (Å²) in [4.78, 5) is 14.6. The third kappa shape index (κ3) is 3.60. The van der Waals surface area contributed by atoms with E-state index < -0.39 is 5.60 Å². The molecule has 0 spiro atoms. The highest BCUT2D eigenvalue weighted by atomic mass is 35.5. The molecule has 6 heteroatoms. The van der Waals surface area contributed by atoms with E-state index >= 15 is 0 Å². The number of amides is 1. The molecule has 0 aromatic carbocycles. The first kappa shape index (κ1) is 16.7. The lowest BCUT2D eigenvalue weighted by Gasteiger charge is -2.44. The van der Waals surface area contributed by atoms with Crippen LogP contribution in [0, 0.1) is 0 Å². The number of hydrogen-bond donors (Lipinski definition) is 1. The Kier molecular flexibility index (Phi) is 5.62. The Morgan fingerprint density at radius 2 is 1.95 bits per heavy atom. The molecule has 112 valence electrons. The van der Waals surface area contributed by atoms with Gasteiger partial charge in [0.2, 0.25) is 0 Å². The maximum atomic E-state index is 12.7. The Hall–Kier alpha value is -0.360. The number of rotatable bonds is 2. The van der Waals surface area contributed by atoms with Crippen LogP contribution in [0.2, 0.25) is 0 Å². The minimum absolute atomic E-state index is 0. The second-order valence-corrected chi connectivity index (χ2v) is 5.78. The molecule has 2 fully saturated rings. The number of carbonyl (C=O) groups excluding carboxylic acids is 1. The van der Waals surface area contributed by atoms with Gasteiger partial charge in [-0.1, -0.05) is 0 Å². The predicted octanol–water partition coefficient (Wildman–Crippen LogP) is 0.814. The van der Waals surface area contributed by atoms with Crippen LogP contribution in [0.15, 0.2) is 0 Å². The fraction of sp³-hybridized carbons (Fsp3) is 0.923. The lowest BCUT2D eigenvalue weighted by molar-refractivity contribution is -0.170. The van der Waals surface area contributed by atoms with Gasteiger partial charge < -0.3 is 19.7 Å². The molecule has 2 heterocycles. The van der Waals surface area contributed by atoms with Crippen molar-refractivity contribution in [3.8, 4) is 0 Å². The fourth-order valence-electron chi connectivity index (χ4n) is 2.81. The largest absolute Gasteiger partial charge is 0.372 e. The van der Waals surface area contributed by atoms with Gasteiger partial charge in [0.25, 0.3) is 5.91 Å². The molecule has 0 radical (unpaired) electrons. The zero-order chi connectivity index (χ0) is 13.2. The van der Waals surface area contributed by atoms with Crippen molar-refractivity contribution in [2.24, 2.45) is 0 Å². The van der Waals surface area contributed by atoms with Crippen molar-refractivity contribution in [1.82, 2.24) is 10.2 Å². The molecule has 19 heavy (non-hydrogen) atoms. The van der Waals surface area contributed by atoms with Crippen LogP contribution in [-0.2, 0) is 14.3 Å². The van der Waals surface area contributed by atoms with E-state index in [1.807, 2.05) is 18.7 Å². The zero-order valence-corrected chi connectivity index (χ0v) is 12.8. The second kappa shape index (κ2) is 6.39. The van der Waals surface area contributed by atoms with Crippen LogP contribution in [0.5, 0.6) is 0 Å². The van der Waals surface area contributed by atoms with Crippen LogP contribution in [0.3, 0.4) is 0 Å². The lowest BCUT2D eigenvalue weighted by atomic mass is 9.89. The van der Waals surface area contributed by atoms with Gasteiger partial charge in [0.15, 0.2) is 0 Å². The highest BCUT2D eigenvalue weighted by Crippen LogP contribution is 2.27. The molecule has 0 bridgehead atoms. The van der Waals surface area contributed by atoms with E-state index in [4.69, 9.17) is 9.47 Å². The summed E-state index contributed by atoms with van der Waals surface area (Å²) in [6.45, 7) is 7.64. The highest BCUT2D eigenvalue weighted by Gasteiger charge is 2.44. The van der Waals surface area contributed by atoms with Crippen molar-refractivity contribution in [1.29, 1.82) is 0 Å². The van der Waals surface area contributed by atoms with Gasteiger partial charge in [-0.25, -0.2) is 0 Å². The van der Waals surface area contributed by atoms with E-state index in [1.165, 1.54) is 0 Å². The first-order valence-electron chi connectivity index (χ1n) is 6.68. The molecule has 0 aromatic rings. The van der Waals surface area contributed by atoms with E-state index in [9.17, 15) is 4.79 Å². The molecule has 2 aliphatic rings. The quantitative estimate of drug-likeness (QED) is 0.818. The summed E-state index contributed by atoms with van der Waals surface area (Å²) >= 11 is 0. The number of hydrogen-bond acceptors (Lipinski definition) is 4. The van der Waals surface area contributed by atoms with Gasteiger partial charge in [-0.3, -0.25) is 4.79 Å². The summed E-state index contributed by atoms with van der Waals surface area (Å²) in [6.07, 6.45) is 1.50. The van der Waals surface area contributed by atoms with Crippen LogP contribution < -0.4 is 5.32 Å². The van der Waals surface area contributed by atoms with E-state index in [2.05, 4.69) is 5.32 Å². The maximum absolute atomic E-state index is 12.7.